The molecule has 0 unspecified atom stereocenters. The topological polar surface area (TPSA) is 107 Å². The molecule has 0 aliphatic heterocycles. The average Bonchev–Trinajstić information content (AvgIpc) is 2.66. The Morgan fingerprint density at radius 1 is 1.11 bits per heavy atom. The van der Waals surface area contributed by atoms with E-state index in [0.717, 1.165) is 6.07 Å². The smallest absolute Gasteiger partial charge is 0.340 e. The number of hydrogen-bond acceptors (Lipinski definition) is 5. The molecule has 0 aliphatic carbocycles. The summed E-state index contributed by atoms with van der Waals surface area (Å²) in [5, 5.41) is 5.09. The summed E-state index contributed by atoms with van der Waals surface area (Å²) in [6, 6.07) is 12.0. The van der Waals surface area contributed by atoms with E-state index >= 15 is 0 Å². The minimum Gasteiger partial charge on any atom is -0.444 e. The molecule has 0 radical (unpaired) electrons. The van der Waals surface area contributed by atoms with Gasteiger partial charge in [0, 0.05) is 18.7 Å². The number of amides is 1. The molecule has 0 spiro atoms. The highest BCUT2D eigenvalue weighted by Gasteiger charge is 2.29. The molecule has 2 rings (SSSR count). The Bertz CT molecular complexity index is 960. The molecule has 0 aliphatic rings. The number of carbonyl (C=O) groups excluding carboxylic acids is 2. The summed E-state index contributed by atoms with van der Waals surface area (Å²) in [6.45, 7) is 4.52. The Labute approximate surface area is 169 Å². The van der Waals surface area contributed by atoms with Crippen molar-refractivity contribution in [3.05, 3.63) is 64.7 Å². The molecule has 7 nitrogen and oxygen atoms in total. The molecule has 0 saturated carbocycles. The highest BCUT2D eigenvalue weighted by molar-refractivity contribution is 7.89. The Balaban J connectivity index is 2.42. The van der Waals surface area contributed by atoms with Crippen molar-refractivity contribution in [1.29, 1.82) is 0 Å². The van der Waals surface area contributed by atoms with Crippen LogP contribution in [0.2, 0.25) is 5.02 Å². The number of primary sulfonamides is 1. The lowest BCUT2D eigenvalue weighted by Gasteiger charge is -2.25. The summed E-state index contributed by atoms with van der Waals surface area (Å²) in [5.74, 6) is -1.31. The maximum absolute atomic E-state index is 12.9. The number of esters is 1. The third kappa shape index (κ3) is 5.09. The highest BCUT2D eigenvalue weighted by Crippen LogP contribution is 2.26. The zero-order valence-corrected chi connectivity index (χ0v) is 17.0. The van der Waals surface area contributed by atoms with Gasteiger partial charge in [0.05, 0.1) is 15.5 Å². The van der Waals surface area contributed by atoms with E-state index in [1.54, 1.807) is 30.3 Å². The number of sulfonamides is 1. The summed E-state index contributed by atoms with van der Waals surface area (Å²) in [5.41, 5.74) is 0.299. The Morgan fingerprint density at radius 3 is 2.25 bits per heavy atom. The lowest BCUT2D eigenvalue weighted by atomic mass is 10.1. The van der Waals surface area contributed by atoms with Crippen molar-refractivity contribution in [2.75, 3.05) is 13.1 Å². The summed E-state index contributed by atoms with van der Waals surface area (Å²) >= 11 is 6.04. The maximum atomic E-state index is 12.9. The zero-order valence-electron chi connectivity index (χ0n) is 15.5. The molecule has 28 heavy (non-hydrogen) atoms. The van der Waals surface area contributed by atoms with Crippen LogP contribution in [0.15, 0.2) is 53.4 Å². The molecule has 2 aromatic rings. The lowest BCUT2D eigenvalue weighted by Crippen LogP contribution is -2.36. The number of hydrogen-bond donors (Lipinski definition) is 1. The minimum atomic E-state index is -4.04. The van der Waals surface area contributed by atoms with E-state index in [1.165, 1.54) is 17.0 Å². The van der Waals surface area contributed by atoms with E-state index in [0.29, 0.717) is 18.7 Å². The van der Waals surface area contributed by atoms with Crippen LogP contribution in [-0.2, 0) is 19.6 Å². The van der Waals surface area contributed by atoms with Crippen molar-refractivity contribution in [2.45, 2.75) is 24.8 Å². The van der Waals surface area contributed by atoms with E-state index in [4.69, 9.17) is 21.5 Å². The molecule has 0 aromatic heterocycles. The fourth-order valence-corrected chi connectivity index (χ4v) is 3.33. The second-order valence-electron chi connectivity index (χ2n) is 5.89. The van der Waals surface area contributed by atoms with Gasteiger partial charge in [0.2, 0.25) is 16.1 Å². The molecule has 2 aromatic carbocycles. The van der Waals surface area contributed by atoms with Crippen LogP contribution in [0.3, 0.4) is 0 Å². The molecule has 0 heterocycles. The van der Waals surface area contributed by atoms with Crippen LogP contribution in [0.5, 0.6) is 0 Å². The molecule has 0 bridgehead atoms. The SMILES string of the molecule is CCN(CC)C(=O)[C@H](OC(=O)c1cc(S(N)(=O)=O)ccc1Cl)c1ccccc1. The van der Waals surface area contributed by atoms with Crippen LogP contribution in [0.1, 0.15) is 35.9 Å². The summed E-state index contributed by atoms with van der Waals surface area (Å²) < 4.78 is 28.6. The number of halogens is 1. The molecular weight excluding hydrogens is 404 g/mol. The van der Waals surface area contributed by atoms with Crippen LogP contribution in [-0.4, -0.2) is 38.3 Å². The first kappa shape index (κ1) is 21.9. The Kier molecular flexibility index (Phi) is 7.17. The minimum absolute atomic E-state index is 0.0144. The maximum Gasteiger partial charge on any atom is 0.340 e. The van der Waals surface area contributed by atoms with Gasteiger partial charge in [-0.1, -0.05) is 41.9 Å². The first-order valence-corrected chi connectivity index (χ1v) is 10.5. The molecule has 0 fully saturated rings. The van der Waals surface area contributed by atoms with Crippen LogP contribution < -0.4 is 5.14 Å². The lowest BCUT2D eigenvalue weighted by molar-refractivity contribution is -0.140. The van der Waals surface area contributed by atoms with Crippen LogP contribution in [0, 0.1) is 0 Å². The molecule has 1 atom stereocenters. The van der Waals surface area contributed by atoms with Gasteiger partial charge < -0.3 is 9.64 Å². The average molecular weight is 425 g/mol. The van der Waals surface area contributed by atoms with Crippen molar-refractivity contribution >= 4 is 33.5 Å². The standard InChI is InChI=1S/C19H21ClN2O5S/c1-3-22(4-2)18(23)17(13-8-6-5-7-9-13)27-19(24)15-12-14(28(21,25)26)10-11-16(15)20/h5-12,17H,3-4H2,1-2H3,(H2,21,25,26)/t17-/m1/s1. The van der Waals surface area contributed by atoms with Crippen LogP contribution in [0.4, 0.5) is 0 Å². The normalized spacial score (nSPS) is 12.3. The quantitative estimate of drug-likeness (QED) is 0.687. The number of rotatable bonds is 7. The summed E-state index contributed by atoms with van der Waals surface area (Å²) in [6.07, 6.45) is -1.19. The molecule has 150 valence electrons. The number of carbonyl (C=O) groups is 2. The zero-order chi connectivity index (χ0) is 20.9. The summed E-state index contributed by atoms with van der Waals surface area (Å²) in [7, 11) is -4.04. The first-order valence-electron chi connectivity index (χ1n) is 8.56. The number of nitrogens with two attached hydrogens (primary N) is 1. The number of likely N-dealkylation sites (N-methyl/N-ethyl adjacent to an activating group) is 1. The predicted molar refractivity (Wildman–Crippen MR) is 105 cm³/mol. The van der Waals surface area contributed by atoms with Crippen molar-refractivity contribution in [3.8, 4) is 0 Å². The summed E-state index contributed by atoms with van der Waals surface area (Å²) in [4.78, 5) is 26.9. The van der Waals surface area contributed by atoms with E-state index in [9.17, 15) is 18.0 Å². The number of benzene rings is 2. The van der Waals surface area contributed by atoms with Crippen molar-refractivity contribution < 1.29 is 22.7 Å². The predicted octanol–water partition coefficient (Wildman–Crippen LogP) is 2.75. The van der Waals surface area contributed by atoms with Gasteiger partial charge in [-0.05, 0) is 32.0 Å². The van der Waals surface area contributed by atoms with E-state index in [1.807, 2.05) is 13.8 Å². The van der Waals surface area contributed by atoms with Crippen molar-refractivity contribution in [3.63, 3.8) is 0 Å². The van der Waals surface area contributed by atoms with Gasteiger partial charge in [-0.15, -0.1) is 0 Å². The van der Waals surface area contributed by atoms with Gasteiger partial charge in [-0.25, -0.2) is 18.4 Å². The largest absolute Gasteiger partial charge is 0.444 e. The van der Waals surface area contributed by atoms with Gasteiger partial charge in [0.25, 0.3) is 5.91 Å². The monoisotopic (exact) mass is 424 g/mol. The first-order chi connectivity index (χ1) is 13.2. The van der Waals surface area contributed by atoms with Gasteiger partial charge in [-0.2, -0.15) is 0 Å². The van der Waals surface area contributed by atoms with E-state index in [2.05, 4.69) is 0 Å². The van der Waals surface area contributed by atoms with Crippen LogP contribution in [0.25, 0.3) is 0 Å². The van der Waals surface area contributed by atoms with Gasteiger partial charge in [0.15, 0.2) is 0 Å². The fourth-order valence-electron chi connectivity index (χ4n) is 2.60. The third-order valence-corrected chi connectivity index (χ3v) is 5.35. The van der Waals surface area contributed by atoms with Gasteiger partial charge in [-0.3, -0.25) is 4.79 Å². The molecule has 2 N–H and O–H groups in total. The third-order valence-electron chi connectivity index (χ3n) is 4.11. The van der Waals surface area contributed by atoms with Gasteiger partial charge >= 0.3 is 5.97 Å². The van der Waals surface area contributed by atoms with E-state index < -0.39 is 22.1 Å². The van der Waals surface area contributed by atoms with Crippen LogP contribution >= 0.6 is 11.6 Å². The van der Waals surface area contributed by atoms with Crippen molar-refractivity contribution in [2.24, 2.45) is 5.14 Å². The molecular formula is C19H21ClN2O5S. The van der Waals surface area contributed by atoms with E-state index in [-0.39, 0.29) is 21.4 Å². The Morgan fingerprint density at radius 2 is 1.71 bits per heavy atom. The van der Waals surface area contributed by atoms with Crippen molar-refractivity contribution in [1.82, 2.24) is 4.90 Å². The second kappa shape index (κ2) is 9.18. The number of nitrogens with zero attached hydrogens (tertiary/aromatic N) is 1. The molecule has 9 heteroatoms. The second-order valence-corrected chi connectivity index (χ2v) is 7.86. The molecule has 0 saturated heterocycles. The van der Waals surface area contributed by atoms with Gasteiger partial charge in [0.1, 0.15) is 0 Å². The Hall–Kier alpha value is -2.42. The fraction of sp³-hybridized carbons (Fsp3) is 0.263. The molecule has 1 amide bonds. The number of ether oxygens (including phenoxy) is 1. The highest BCUT2D eigenvalue weighted by atomic mass is 35.5.